The van der Waals surface area contributed by atoms with E-state index < -0.39 is 0 Å². The molecule has 0 saturated carbocycles. The molecule has 25 heavy (non-hydrogen) atoms. The van der Waals surface area contributed by atoms with Crippen LogP contribution in [0, 0.1) is 0 Å². The van der Waals surface area contributed by atoms with E-state index in [0.717, 1.165) is 11.1 Å². The van der Waals surface area contributed by atoms with E-state index in [4.69, 9.17) is 9.47 Å². The summed E-state index contributed by atoms with van der Waals surface area (Å²) in [6.45, 7) is 0. The Labute approximate surface area is 146 Å². The highest BCUT2D eigenvalue weighted by molar-refractivity contribution is 6.07. The van der Waals surface area contributed by atoms with Crippen LogP contribution in [0.2, 0.25) is 0 Å². The molecule has 5 nitrogen and oxygen atoms in total. The maximum atomic E-state index is 12.6. The largest absolute Gasteiger partial charge is 0.496 e. The molecule has 126 valence electrons. The van der Waals surface area contributed by atoms with Gasteiger partial charge in [-0.05, 0) is 29.8 Å². The Morgan fingerprint density at radius 2 is 1.52 bits per heavy atom. The van der Waals surface area contributed by atoms with Gasteiger partial charge in [0.25, 0.3) is 5.91 Å². The van der Waals surface area contributed by atoms with Gasteiger partial charge in [-0.1, -0.05) is 36.4 Å². The predicted octanol–water partition coefficient (Wildman–Crippen LogP) is 4.02. The van der Waals surface area contributed by atoms with Crippen molar-refractivity contribution in [3.8, 4) is 22.6 Å². The molecule has 0 saturated heterocycles. The van der Waals surface area contributed by atoms with Crippen LogP contribution in [0.4, 0.5) is 5.82 Å². The van der Waals surface area contributed by atoms with Crippen LogP contribution in [0.25, 0.3) is 11.1 Å². The summed E-state index contributed by atoms with van der Waals surface area (Å²) in [5.74, 6) is 1.00. The minimum Gasteiger partial charge on any atom is -0.496 e. The van der Waals surface area contributed by atoms with Gasteiger partial charge in [0.05, 0.1) is 14.2 Å². The van der Waals surface area contributed by atoms with Crippen molar-refractivity contribution in [2.75, 3.05) is 19.5 Å². The molecular formula is C20H18N2O3. The average Bonchev–Trinajstić information content (AvgIpc) is 2.68. The molecule has 0 bridgehead atoms. The van der Waals surface area contributed by atoms with Gasteiger partial charge in [-0.2, -0.15) is 0 Å². The number of carbonyl (C=O) groups is 1. The molecule has 1 heterocycles. The molecule has 3 aromatic rings. The second kappa shape index (κ2) is 7.49. The second-order valence-electron chi connectivity index (χ2n) is 5.29. The third-order valence-electron chi connectivity index (χ3n) is 3.77. The van der Waals surface area contributed by atoms with Crippen molar-refractivity contribution in [3.05, 3.63) is 72.4 Å². The lowest BCUT2D eigenvalue weighted by Crippen LogP contribution is -2.15. The first-order valence-corrected chi connectivity index (χ1v) is 7.76. The quantitative estimate of drug-likeness (QED) is 0.765. The average molecular weight is 334 g/mol. The maximum absolute atomic E-state index is 12.6. The van der Waals surface area contributed by atoms with Crippen LogP contribution < -0.4 is 14.8 Å². The number of benzene rings is 2. The zero-order valence-corrected chi connectivity index (χ0v) is 14.0. The van der Waals surface area contributed by atoms with Crippen LogP contribution in [0.3, 0.4) is 0 Å². The molecule has 0 unspecified atom stereocenters. The number of hydrogen-bond donors (Lipinski definition) is 1. The molecule has 0 aliphatic heterocycles. The number of anilines is 1. The lowest BCUT2D eigenvalue weighted by molar-refractivity contribution is 0.102. The van der Waals surface area contributed by atoms with E-state index in [1.165, 1.54) is 14.2 Å². The van der Waals surface area contributed by atoms with Crippen molar-refractivity contribution in [2.24, 2.45) is 0 Å². The lowest BCUT2D eigenvalue weighted by Gasteiger charge is -2.12. The first kappa shape index (κ1) is 16.5. The summed E-state index contributed by atoms with van der Waals surface area (Å²) in [6, 6.07) is 18.8. The van der Waals surface area contributed by atoms with Crippen LogP contribution in [0.5, 0.6) is 11.5 Å². The first-order chi connectivity index (χ1) is 12.2. The van der Waals surface area contributed by atoms with Crippen molar-refractivity contribution in [1.82, 2.24) is 4.98 Å². The van der Waals surface area contributed by atoms with Crippen molar-refractivity contribution >= 4 is 11.7 Å². The number of carbonyl (C=O) groups excluding carboxylic acids is 1. The molecule has 1 amide bonds. The Balaban J connectivity index is 1.82. The van der Waals surface area contributed by atoms with Crippen molar-refractivity contribution in [3.63, 3.8) is 0 Å². The predicted molar refractivity (Wildman–Crippen MR) is 97.2 cm³/mol. The van der Waals surface area contributed by atoms with E-state index in [0.29, 0.717) is 22.9 Å². The molecule has 0 fully saturated rings. The molecule has 0 aliphatic carbocycles. The smallest absolute Gasteiger partial charge is 0.264 e. The molecule has 0 aliphatic rings. The van der Waals surface area contributed by atoms with Crippen molar-refractivity contribution in [1.29, 1.82) is 0 Å². The van der Waals surface area contributed by atoms with Crippen LogP contribution in [-0.4, -0.2) is 25.1 Å². The van der Waals surface area contributed by atoms with E-state index in [1.54, 1.807) is 30.5 Å². The fraction of sp³-hybridized carbons (Fsp3) is 0.100. The summed E-state index contributed by atoms with van der Waals surface area (Å²) in [5, 5.41) is 2.78. The van der Waals surface area contributed by atoms with Gasteiger partial charge in [-0.25, -0.2) is 4.98 Å². The van der Waals surface area contributed by atoms with Crippen LogP contribution >= 0.6 is 0 Å². The number of ether oxygens (including phenoxy) is 2. The third kappa shape index (κ3) is 3.61. The fourth-order valence-corrected chi connectivity index (χ4v) is 2.52. The summed E-state index contributed by atoms with van der Waals surface area (Å²) in [7, 11) is 3.02. The van der Waals surface area contributed by atoms with E-state index in [2.05, 4.69) is 10.3 Å². The van der Waals surface area contributed by atoms with E-state index >= 15 is 0 Å². The standard InChI is InChI=1S/C20H18N2O3/c1-24-16-9-6-10-17(25-2)19(16)20(23)22-18-12-11-15(13-21-18)14-7-4-3-5-8-14/h3-13H,1-2H3,(H,21,22,23). The SMILES string of the molecule is COc1cccc(OC)c1C(=O)Nc1ccc(-c2ccccc2)cn1. The molecule has 0 radical (unpaired) electrons. The molecule has 5 heteroatoms. The number of rotatable bonds is 5. The number of amides is 1. The summed E-state index contributed by atoms with van der Waals surface area (Å²) >= 11 is 0. The van der Waals surface area contributed by atoms with Crippen molar-refractivity contribution in [2.45, 2.75) is 0 Å². The Morgan fingerprint density at radius 3 is 2.08 bits per heavy atom. The fourth-order valence-electron chi connectivity index (χ4n) is 2.52. The number of hydrogen-bond acceptors (Lipinski definition) is 4. The Morgan fingerprint density at radius 1 is 0.840 bits per heavy atom. The van der Waals surface area contributed by atoms with E-state index in [9.17, 15) is 4.79 Å². The number of methoxy groups -OCH3 is 2. The van der Waals surface area contributed by atoms with Gasteiger partial charge < -0.3 is 14.8 Å². The summed E-state index contributed by atoms with van der Waals surface area (Å²) < 4.78 is 10.5. The molecule has 2 aromatic carbocycles. The van der Waals surface area contributed by atoms with Gasteiger partial charge in [0, 0.05) is 11.8 Å². The van der Waals surface area contributed by atoms with Crippen molar-refractivity contribution < 1.29 is 14.3 Å². The summed E-state index contributed by atoms with van der Waals surface area (Å²) in [6.07, 6.45) is 1.73. The highest BCUT2D eigenvalue weighted by Gasteiger charge is 2.18. The maximum Gasteiger partial charge on any atom is 0.264 e. The van der Waals surface area contributed by atoms with E-state index in [1.807, 2.05) is 36.4 Å². The Hall–Kier alpha value is -3.34. The van der Waals surface area contributed by atoms with Gasteiger partial charge in [0.15, 0.2) is 0 Å². The van der Waals surface area contributed by atoms with Crippen LogP contribution in [0.15, 0.2) is 66.9 Å². The molecule has 0 spiro atoms. The Kier molecular flexibility index (Phi) is 4.95. The number of nitrogens with zero attached hydrogens (tertiary/aromatic N) is 1. The minimum absolute atomic E-state index is 0.335. The van der Waals surface area contributed by atoms with Gasteiger partial charge >= 0.3 is 0 Å². The van der Waals surface area contributed by atoms with Crippen LogP contribution in [0.1, 0.15) is 10.4 Å². The Bertz CT molecular complexity index is 840. The zero-order valence-electron chi connectivity index (χ0n) is 14.0. The molecule has 1 N–H and O–H groups in total. The zero-order chi connectivity index (χ0) is 17.6. The second-order valence-corrected chi connectivity index (χ2v) is 5.29. The topological polar surface area (TPSA) is 60.5 Å². The number of aromatic nitrogens is 1. The molecule has 3 rings (SSSR count). The number of pyridine rings is 1. The highest BCUT2D eigenvalue weighted by atomic mass is 16.5. The summed E-state index contributed by atoms with van der Waals surface area (Å²) in [5.41, 5.74) is 2.38. The summed E-state index contributed by atoms with van der Waals surface area (Å²) in [4.78, 5) is 16.9. The van der Waals surface area contributed by atoms with Gasteiger partial charge in [-0.3, -0.25) is 4.79 Å². The first-order valence-electron chi connectivity index (χ1n) is 7.76. The van der Waals surface area contributed by atoms with E-state index in [-0.39, 0.29) is 5.91 Å². The van der Waals surface area contributed by atoms with Gasteiger partial charge in [0.1, 0.15) is 22.9 Å². The van der Waals surface area contributed by atoms with Gasteiger partial charge in [-0.15, -0.1) is 0 Å². The van der Waals surface area contributed by atoms with Crippen LogP contribution in [-0.2, 0) is 0 Å². The normalized spacial score (nSPS) is 10.2. The highest BCUT2D eigenvalue weighted by Crippen LogP contribution is 2.29. The number of nitrogens with one attached hydrogen (secondary N) is 1. The molecule has 1 aromatic heterocycles. The third-order valence-corrected chi connectivity index (χ3v) is 3.77. The molecule has 0 atom stereocenters. The minimum atomic E-state index is -0.339. The van der Waals surface area contributed by atoms with Gasteiger partial charge in [0.2, 0.25) is 0 Å². The lowest BCUT2D eigenvalue weighted by atomic mass is 10.1. The monoisotopic (exact) mass is 334 g/mol. The molecular weight excluding hydrogens is 316 g/mol.